The molecule has 7 heteroatoms. The molecule has 1 saturated heterocycles. The molecule has 4 rings (SSSR count). The van der Waals surface area contributed by atoms with E-state index in [1.807, 2.05) is 42.5 Å². The average molecular weight is 436 g/mol. The van der Waals surface area contributed by atoms with Gasteiger partial charge < -0.3 is 10.1 Å². The Labute approximate surface area is 183 Å². The maximum Gasteiger partial charge on any atom is 0.265 e. The number of hydrogen-bond acceptors (Lipinski definition) is 4. The minimum absolute atomic E-state index is 0. The van der Waals surface area contributed by atoms with Crippen LogP contribution >= 0.6 is 24.8 Å². The van der Waals surface area contributed by atoms with Gasteiger partial charge in [0.05, 0.1) is 23.9 Å². The first-order valence-electron chi connectivity index (χ1n) is 9.71. The van der Waals surface area contributed by atoms with Gasteiger partial charge in [-0.25, -0.2) is 4.98 Å². The van der Waals surface area contributed by atoms with Crippen LogP contribution in [0.1, 0.15) is 31.9 Å². The summed E-state index contributed by atoms with van der Waals surface area (Å²) in [6.45, 7) is 3.72. The lowest BCUT2D eigenvalue weighted by Gasteiger charge is -2.14. The number of ether oxygens (including phenoxy) is 1. The molecule has 0 saturated carbocycles. The second kappa shape index (κ2) is 10.6. The lowest BCUT2D eigenvalue weighted by Crippen LogP contribution is -2.20. The van der Waals surface area contributed by atoms with E-state index in [1.54, 1.807) is 10.6 Å². The van der Waals surface area contributed by atoms with Gasteiger partial charge in [-0.2, -0.15) is 0 Å². The molecule has 1 N–H and O–H groups in total. The molecule has 0 aliphatic carbocycles. The number of anilines is 1. The van der Waals surface area contributed by atoms with E-state index in [0.29, 0.717) is 17.3 Å². The fourth-order valence-electron chi connectivity index (χ4n) is 3.57. The highest BCUT2D eigenvalue weighted by Gasteiger charge is 2.17. The topological polar surface area (TPSA) is 55.6 Å². The van der Waals surface area contributed by atoms with E-state index in [-0.39, 0.29) is 30.4 Å². The molecule has 29 heavy (non-hydrogen) atoms. The quantitative estimate of drug-likeness (QED) is 0.606. The van der Waals surface area contributed by atoms with Crippen molar-refractivity contribution in [3.63, 3.8) is 0 Å². The Morgan fingerprint density at radius 2 is 1.97 bits per heavy atom. The van der Waals surface area contributed by atoms with Crippen molar-refractivity contribution in [2.24, 2.45) is 0 Å². The van der Waals surface area contributed by atoms with Crippen molar-refractivity contribution < 1.29 is 4.74 Å². The third kappa shape index (κ3) is 5.10. The summed E-state index contributed by atoms with van der Waals surface area (Å²) < 4.78 is 7.05. The van der Waals surface area contributed by atoms with Crippen LogP contribution in [0.4, 0.5) is 5.69 Å². The third-order valence-corrected chi connectivity index (χ3v) is 5.05. The van der Waals surface area contributed by atoms with Crippen molar-refractivity contribution >= 4 is 36.1 Å². The Bertz CT molecular complexity index is 984. The first kappa shape index (κ1) is 23.2. The maximum absolute atomic E-state index is 13.2. The second-order valence-electron chi connectivity index (χ2n) is 7.05. The Morgan fingerprint density at radius 3 is 2.66 bits per heavy atom. The lowest BCUT2D eigenvalue weighted by atomic mass is 10.0. The molecule has 156 valence electrons. The molecule has 3 aromatic rings. The van der Waals surface area contributed by atoms with Crippen molar-refractivity contribution in [1.82, 2.24) is 9.38 Å². The predicted octanol–water partition coefficient (Wildman–Crippen LogP) is 4.75. The Kier molecular flexibility index (Phi) is 8.50. The molecule has 0 amide bonds. The van der Waals surface area contributed by atoms with Crippen LogP contribution in [0.15, 0.2) is 53.5 Å². The maximum atomic E-state index is 13.2. The van der Waals surface area contributed by atoms with E-state index in [0.717, 1.165) is 55.8 Å². The Balaban J connectivity index is 0.00000150. The molecule has 0 bridgehead atoms. The van der Waals surface area contributed by atoms with Gasteiger partial charge in [0.25, 0.3) is 5.56 Å². The molecule has 1 atom stereocenters. The number of halogens is 2. The first-order chi connectivity index (χ1) is 13.3. The van der Waals surface area contributed by atoms with E-state index in [2.05, 4.69) is 12.2 Å². The highest BCUT2D eigenvalue weighted by molar-refractivity contribution is 5.85. The zero-order valence-corrected chi connectivity index (χ0v) is 18.1. The van der Waals surface area contributed by atoms with Crippen molar-refractivity contribution in [2.75, 3.05) is 18.5 Å². The monoisotopic (exact) mass is 435 g/mol. The molecule has 1 aromatic carbocycles. The molecule has 0 spiro atoms. The SMILES string of the molecule is CCCCc1nc2ccccn2c(=O)c1-c1ccc(N[C@@H]2CCOC2)cc1.Cl.Cl. The average Bonchev–Trinajstić information content (AvgIpc) is 3.20. The summed E-state index contributed by atoms with van der Waals surface area (Å²) in [4.78, 5) is 18.0. The summed E-state index contributed by atoms with van der Waals surface area (Å²) in [5.41, 5.74) is 4.28. The standard InChI is InChI=1S/C22H25N3O2.2ClH/c1-2-3-6-19-21(22(26)25-13-5-4-7-20(25)24-19)16-8-10-17(11-9-16)23-18-12-14-27-15-18;;/h4-5,7-11,13,18,23H,2-3,6,12,14-15H2,1H3;2*1H/t18-;;/m1../s1. The number of aromatic nitrogens is 2. The smallest absolute Gasteiger partial charge is 0.265 e. The highest BCUT2D eigenvalue weighted by Crippen LogP contribution is 2.24. The number of hydrogen-bond donors (Lipinski definition) is 1. The van der Waals surface area contributed by atoms with Crippen LogP contribution in [0.25, 0.3) is 16.8 Å². The number of nitrogens with one attached hydrogen (secondary N) is 1. The van der Waals surface area contributed by atoms with E-state index in [4.69, 9.17) is 9.72 Å². The highest BCUT2D eigenvalue weighted by atomic mass is 35.5. The van der Waals surface area contributed by atoms with Gasteiger partial charge >= 0.3 is 0 Å². The van der Waals surface area contributed by atoms with Crippen LogP contribution in [0.2, 0.25) is 0 Å². The molecule has 1 aliphatic rings. The van der Waals surface area contributed by atoms with Gasteiger partial charge in [-0.15, -0.1) is 24.8 Å². The largest absolute Gasteiger partial charge is 0.380 e. The van der Waals surface area contributed by atoms with Gasteiger partial charge in [-0.3, -0.25) is 9.20 Å². The first-order valence-corrected chi connectivity index (χ1v) is 9.71. The van der Waals surface area contributed by atoms with Crippen LogP contribution < -0.4 is 10.9 Å². The van der Waals surface area contributed by atoms with E-state index < -0.39 is 0 Å². The van der Waals surface area contributed by atoms with Crippen LogP contribution in [0.3, 0.4) is 0 Å². The summed E-state index contributed by atoms with van der Waals surface area (Å²) >= 11 is 0. The zero-order chi connectivity index (χ0) is 18.6. The van der Waals surface area contributed by atoms with Crippen molar-refractivity contribution in [3.05, 3.63) is 64.7 Å². The molecule has 1 fully saturated rings. The van der Waals surface area contributed by atoms with Crippen molar-refractivity contribution in [1.29, 1.82) is 0 Å². The number of nitrogens with zero attached hydrogens (tertiary/aromatic N) is 2. The summed E-state index contributed by atoms with van der Waals surface area (Å²) in [6.07, 6.45) is 5.71. The lowest BCUT2D eigenvalue weighted by molar-refractivity contribution is 0.195. The number of fused-ring (bicyclic) bond motifs is 1. The van der Waals surface area contributed by atoms with Gasteiger partial charge in [0.2, 0.25) is 0 Å². The molecular formula is C22H27Cl2N3O2. The van der Waals surface area contributed by atoms with Crippen LogP contribution in [-0.2, 0) is 11.2 Å². The van der Waals surface area contributed by atoms with Gasteiger partial charge in [-0.1, -0.05) is 31.5 Å². The summed E-state index contributed by atoms with van der Waals surface area (Å²) in [6, 6.07) is 14.1. The van der Waals surface area contributed by atoms with Gasteiger partial charge in [0, 0.05) is 18.5 Å². The Morgan fingerprint density at radius 1 is 1.17 bits per heavy atom. The fourth-order valence-corrected chi connectivity index (χ4v) is 3.57. The third-order valence-electron chi connectivity index (χ3n) is 5.05. The molecule has 0 radical (unpaired) electrons. The van der Waals surface area contributed by atoms with E-state index >= 15 is 0 Å². The number of aryl methyl sites for hydroxylation is 1. The van der Waals surface area contributed by atoms with Crippen LogP contribution in [0.5, 0.6) is 0 Å². The second-order valence-corrected chi connectivity index (χ2v) is 7.05. The van der Waals surface area contributed by atoms with Crippen LogP contribution in [-0.4, -0.2) is 28.6 Å². The molecule has 3 heterocycles. The minimum Gasteiger partial charge on any atom is -0.380 e. The van der Waals surface area contributed by atoms with Crippen LogP contribution in [0, 0.1) is 0 Å². The van der Waals surface area contributed by atoms with Crippen molar-refractivity contribution in [3.8, 4) is 11.1 Å². The number of pyridine rings is 1. The predicted molar refractivity (Wildman–Crippen MR) is 123 cm³/mol. The summed E-state index contributed by atoms with van der Waals surface area (Å²) in [7, 11) is 0. The fraction of sp³-hybridized carbons (Fsp3) is 0.364. The molecule has 2 aromatic heterocycles. The zero-order valence-electron chi connectivity index (χ0n) is 16.5. The van der Waals surface area contributed by atoms with Gasteiger partial charge in [-0.05, 0) is 49.1 Å². The summed E-state index contributed by atoms with van der Waals surface area (Å²) in [5, 5.41) is 3.49. The molecule has 5 nitrogen and oxygen atoms in total. The molecule has 0 unspecified atom stereocenters. The Hall–Kier alpha value is -2.08. The molecular weight excluding hydrogens is 409 g/mol. The van der Waals surface area contributed by atoms with E-state index in [1.165, 1.54) is 0 Å². The number of rotatable bonds is 6. The molecule has 1 aliphatic heterocycles. The van der Waals surface area contributed by atoms with Gasteiger partial charge in [0.1, 0.15) is 5.65 Å². The number of unbranched alkanes of at least 4 members (excludes halogenated alkanes) is 1. The van der Waals surface area contributed by atoms with Crippen molar-refractivity contribution in [2.45, 2.75) is 38.6 Å². The van der Waals surface area contributed by atoms with E-state index in [9.17, 15) is 4.79 Å². The number of benzene rings is 1. The summed E-state index contributed by atoms with van der Waals surface area (Å²) in [5.74, 6) is 0. The normalized spacial score (nSPS) is 15.6. The van der Waals surface area contributed by atoms with Gasteiger partial charge in [0.15, 0.2) is 0 Å². The minimum atomic E-state index is -0.00314.